The summed E-state index contributed by atoms with van der Waals surface area (Å²) in [7, 11) is -3.75. The Kier molecular flexibility index (Phi) is 4.87. The third-order valence-corrected chi connectivity index (χ3v) is 5.87. The van der Waals surface area contributed by atoms with Crippen molar-refractivity contribution in [1.82, 2.24) is 13.7 Å². The van der Waals surface area contributed by atoms with Gasteiger partial charge in [-0.25, -0.2) is 13.4 Å². The summed E-state index contributed by atoms with van der Waals surface area (Å²) in [5.74, 6) is 0.355. The van der Waals surface area contributed by atoms with E-state index in [1.807, 2.05) is 6.92 Å². The molecular weight excluding hydrogens is 312 g/mol. The number of hydrogen-bond donors (Lipinski definition) is 2. The van der Waals surface area contributed by atoms with Gasteiger partial charge in [-0.05, 0) is 20.8 Å². The maximum atomic E-state index is 13.0. The van der Waals surface area contributed by atoms with Crippen LogP contribution in [0.1, 0.15) is 20.8 Å². The highest BCUT2D eigenvalue weighted by molar-refractivity contribution is 7.89. The van der Waals surface area contributed by atoms with Crippen LogP contribution in [-0.2, 0) is 10.0 Å². The van der Waals surface area contributed by atoms with Crippen molar-refractivity contribution >= 4 is 32.1 Å². The quantitative estimate of drug-likeness (QED) is 0.796. The van der Waals surface area contributed by atoms with Crippen LogP contribution in [0.15, 0.2) is 16.6 Å². The minimum absolute atomic E-state index is 0.0585. The molecular formula is C12H20N4O3S2. The number of aliphatic hydroxyl groups is 1. The first kappa shape index (κ1) is 16.2. The topological polar surface area (TPSA) is 86.9 Å². The molecule has 9 heteroatoms. The van der Waals surface area contributed by atoms with E-state index in [2.05, 4.69) is 10.3 Å². The van der Waals surface area contributed by atoms with E-state index in [0.29, 0.717) is 17.3 Å². The number of aromatic nitrogens is 2. The first-order chi connectivity index (χ1) is 9.93. The largest absolute Gasteiger partial charge is 0.395 e. The molecule has 0 atom stereocenters. The van der Waals surface area contributed by atoms with Gasteiger partial charge in [-0.15, -0.1) is 11.3 Å². The van der Waals surface area contributed by atoms with E-state index in [9.17, 15) is 8.42 Å². The minimum atomic E-state index is -3.75. The van der Waals surface area contributed by atoms with Gasteiger partial charge >= 0.3 is 0 Å². The number of nitrogens with one attached hydrogen (secondary N) is 1. The highest BCUT2D eigenvalue weighted by Crippen LogP contribution is 2.29. The Bertz CT molecular complexity index is 705. The molecule has 0 unspecified atom stereocenters. The van der Waals surface area contributed by atoms with Crippen LogP contribution in [0.4, 0.5) is 5.82 Å². The summed E-state index contributed by atoms with van der Waals surface area (Å²) in [6.45, 7) is 5.87. The van der Waals surface area contributed by atoms with E-state index >= 15 is 0 Å². The van der Waals surface area contributed by atoms with Gasteiger partial charge in [0.15, 0.2) is 15.8 Å². The Morgan fingerprint density at radius 3 is 2.81 bits per heavy atom. The average Bonchev–Trinajstić information content (AvgIpc) is 2.95. The van der Waals surface area contributed by atoms with Crippen molar-refractivity contribution < 1.29 is 13.5 Å². The number of anilines is 1. The lowest BCUT2D eigenvalue weighted by atomic mass is 10.4. The van der Waals surface area contributed by atoms with Gasteiger partial charge in [-0.3, -0.25) is 4.40 Å². The summed E-state index contributed by atoms with van der Waals surface area (Å²) in [5.41, 5.74) is 0. The van der Waals surface area contributed by atoms with Crippen LogP contribution >= 0.6 is 11.3 Å². The number of imidazole rings is 1. The molecule has 0 aliphatic carbocycles. The van der Waals surface area contributed by atoms with Crippen molar-refractivity contribution in [2.45, 2.75) is 31.8 Å². The van der Waals surface area contributed by atoms with Gasteiger partial charge in [-0.1, -0.05) is 0 Å². The maximum absolute atomic E-state index is 13.0. The summed E-state index contributed by atoms with van der Waals surface area (Å²) in [4.78, 5) is 4.96. The van der Waals surface area contributed by atoms with Crippen LogP contribution in [0.5, 0.6) is 0 Å². The lowest BCUT2D eigenvalue weighted by Crippen LogP contribution is -2.39. The van der Waals surface area contributed by atoms with Crippen LogP contribution in [0.3, 0.4) is 0 Å². The van der Waals surface area contributed by atoms with Gasteiger partial charge in [0.1, 0.15) is 0 Å². The number of aliphatic hydroxyl groups excluding tert-OH is 1. The Morgan fingerprint density at radius 2 is 2.24 bits per heavy atom. The molecule has 0 amide bonds. The third kappa shape index (κ3) is 2.91. The fraction of sp³-hybridized carbons (Fsp3) is 0.583. The van der Waals surface area contributed by atoms with Gasteiger partial charge in [-0.2, -0.15) is 4.31 Å². The predicted octanol–water partition coefficient (Wildman–Crippen LogP) is 1.22. The van der Waals surface area contributed by atoms with Crippen molar-refractivity contribution in [3.05, 3.63) is 11.6 Å². The zero-order valence-corrected chi connectivity index (χ0v) is 13.9. The molecule has 0 aromatic carbocycles. The maximum Gasteiger partial charge on any atom is 0.263 e. The molecule has 2 aromatic heterocycles. The SMILES string of the molecule is CCNc1nc2sccn2c1S(=O)(=O)N(CCO)C(C)C. The van der Waals surface area contributed by atoms with E-state index in [1.165, 1.54) is 15.6 Å². The summed E-state index contributed by atoms with van der Waals surface area (Å²) >= 11 is 1.38. The highest BCUT2D eigenvalue weighted by Gasteiger charge is 2.33. The molecule has 21 heavy (non-hydrogen) atoms. The van der Waals surface area contributed by atoms with Gasteiger partial charge in [0.05, 0.1) is 6.61 Å². The second-order valence-corrected chi connectivity index (χ2v) is 7.46. The Morgan fingerprint density at radius 1 is 1.52 bits per heavy atom. The van der Waals surface area contributed by atoms with Crippen molar-refractivity contribution in [3.8, 4) is 0 Å². The Labute approximate surface area is 128 Å². The standard InChI is InChI=1S/C12H20N4O3S2/c1-4-13-10-11(15-6-8-20-12(15)14-10)21(18,19)16(5-7-17)9(2)3/h6,8-9,13,17H,4-5,7H2,1-3H3. The van der Waals surface area contributed by atoms with Crippen LogP contribution in [-0.4, -0.2) is 53.0 Å². The molecule has 0 bridgehead atoms. The second kappa shape index (κ2) is 6.30. The second-order valence-electron chi connectivity index (χ2n) is 4.78. The lowest BCUT2D eigenvalue weighted by molar-refractivity contribution is 0.236. The van der Waals surface area contributed by atoms with Crippen LogP contribution in [0, 0.1) is 0 Å². The first-order valence-corrected chi connectivity index (χ1v) is 9.07. The monoisotopic (exact) mass is 332 g/mol. The molecule has 2 aromatic rings. The lowest BCUT2D eigenvalue weighted by Gasteiger charge is -2.25. The predicted molar refractivity (Wildman–Crippen MR) is 83.3 cm³/mol. The molecule has 2 N–H and O–H groups in total. The van der Waals surface area contributed by atoms with Crippen LogP contribution in [0.2, 0.25) is 0 Å². The van der Waals surface area contributed by atoms with E-state index in [1.54, 1.807) is 29.8 Å². The molecule has 7 nitrogen and oxygen atoms in total. The fourth-order valence-corrected chi connectivity index (χ4v) is 4.79. The van der Waals surface area contributed by atoms with Crippen molar-refractivity contribution in [2.75, 3.05) is 25.0 Å². The normalized spacial score (nSPS) is 12.7. The van der Waals surface area contributed by atoms with Crippen molar-refractivity contribution in [3.63, 3.8) is 0 Å². The van der Waals surface area contributed by atoms with E-state index in [-0.39, 0.29) is 24.2 Å². The molecule has 0 aliphatic heterocycles. The molecule has 0 saturated carbocycles. The zero-order chi connectivity index (χ0) is 15.6. The van der Waals surface area contributed by atoms with E-state index in [0.717, 1.165) is 0 Å². The molecule has 0 aliphatic rings. The van der Waals surface area contributed by atoms with Gasteiger partial charge in [0.25, 0.3) is 10.0 Å². The van der Waals surface area contributed by atoms with Gasteiger partial charge in [0.2, 0.25) is 0 Å². The molecule has 2 heterocycles. The molecule has 0 radical (unpaired) electrons. The molecule has 2 rings (SSSR count). The van der Waals surface area contributed by atoms with Crippen LogP contribution < -0.4 is 5.32 Å². The van der Waals surface area contributed by atoms with E-state index in [4.69, 9.17) is 5.11 Å². The highest BCUT2D eigenvalue weighted by atomic mass is 32.2. The van der Waals surface area contributed by atoms with E-state index < -0.39 is 10.0 Å². The van der Waals surface area contributed by atoms with Crippen LogP contribution in [0.25, 0.3) is 4.96 Å². The Balaban J connectivity index is 2.61. The number of hydrogen-bond acceptors (Lipinski definition) is 6. The average molecular weight is 332 g/mol. The fourth-order valence-electron chi connectivity index (χ4n) is 2.16. The van der Waals surface area contributed by atoms with Gasteiger partial charge < -0.3 is 10.4 Å². The van der Waals surface area contributed by atoms with Crippen molar-refractivity contribution in [1.29, 1.82) is 0 Å². The summed E-state index contributed by atoms with van der Waals surface area (Å²) in [5, 5.41) is 14.1. The number of thiazole rings is 1. The molecule has 0 saturated heterocycles. The Hall–Kier alpha value is -1.16. The summed E-state index contributed by atoms with van der Waals surface area (Å²) < 4.78 is 28.8. The zero-order valence-electron chi connectivity index (χ0n) is 12.3. The summed E-state index contributed by atoms with van der Waals surface area (Å²) in [6, 6.07) is -0.249. The molecule has 0 spiro atoms. The smallest absolute Gasteiger partial charge is 0.263 e. The van der Waals surface area contributed by atoms with Crippen molar-refractivity contribution in [2.24, 2.45) is 0 Å². The molecule has 118 valence electrons. The molecule has 0 fully saturated rings. The summed E-state index contributed by atoms with van der Waals surface area (Å²) in [6.07, 6.45) is 1.69. The first-order valence-electron chi connectivity index (χ1n) is 6.75. The number of nitrogens with zero attached hydrogens (tertiary/aromatic N) is 3. The van der Waals surface area contributed by atoms with Gasteiger partial charge in [0, 0.05) is 30.7 Å². The third-order valence-electron chi connectivity index (χ3n) is 3.01. The number of rotatable bonds is 7. The number of fused-ring (bicyclic) bond motifs is 1. The number of sulfonamides is 1. The minimum Gasteiger partial charge on any atom is -0.395 e.